The number of hydrogen-bond acceptors (Lipinski definition) is 3. The summed E-state index contributed by atoms with van der Waals surface area (Å²) in [6.45, 7) is 0. The zero-order valence-corrected chi connectivity index (χ0v) is 35.7. The number of hydrogen-bond donors (Lipinski definition) is 0. The van der Waals surface area contributed by atoms with Crippen molar-refractivity contribution < 1.29 is 0 Å². The van der Waals surface area contributed by atoms with Gasteiger partial charge in [0.05, 0.1) is 17.1 Å². The molecule has 306 valence electrons. The van der Waals surface area contributed by atoms with E-state index in [1.54, 1.807) is 0 Å². The number of pyridine rings is 3. The van der Waals surface area contributed by atoms with Crippen LogP contribution in [0.5, 0.6) is 0 Å². The van der Waals surface area contributed by atoms with E-state index in [2.05, 4.69) is 210 Å². The molecule has 3 heteroatoms. The Morgan fingerprint density at radius 1 is 0.234 bits per heavy atom. The second-order valence-electron chi connectivity index (χ2n) is 16.3. The lowest BCUT2D eigenvalue weighted by Crippen LogP contribution is -1.98. The molecule has 3 nitrogen and oxygen atoms in total. The monoisotopic (exact) mass is 821 g/mol. The Hall–Kier alpha value is -8.01. The summed E-state index contributed by atoms with van der Waals surface area (Å²) in [5, 5.41) is 0. The molecule has 10 rings (SSSR count). The highest BCUT2D eigenvalue weighted by Gasteiger charge is 2.17. The minimum absolute atomic E-state index is 0.928. The molecule has 0 fully saturated rings. The molecule has 10 aromatic rings. The lowest BCUT2D eigenvalue weighted by molar-refractivity contribution is 0.931. The SMILES string of the molecule is c1ccc(-c2ccc(-c3cc(-c4ccccc4)ncc3-c3ccccc3-c3cc(CCc4ccc(-c5ccccn5)cc4)cc(CCc4ccc(-c5ccccn5)cc4)c3)cc2)cc1. The summed E-state index contributed by atoms with van der Waals surface area (Å²) < 4.78 is 0. The molecule has 0 bridgehead atoms. The van der Waals surface area contributed by atoms with Gasteiger partial charge in [-0.25, -0.2) is 0 Å². The summed E-state index contributed by atoms with van der Waals surface area (Å²) in [5.74, 6) is 0. The van der Waals surface area contributed by atoms with Gasteiger partial charge in [-0.2, -0.15) is 0 Å². The summed E-state index contributed by atoms with van der Waals surface area (Å²) in [4.78, 5) is 14.2. The predicted octanol–water partition coefficient (Wildman–Crippen LogP) is 15.1. The third kappa shape index (κ3) is 9.25. The van der Waals surface area contributed by atoms with Crippen LogP contribution in [0.25, 0.3) is 78.3 Å². The van der Waals surface area contributed by atoms with Crippen LogP contribution in [0.3, 0.4) is 0 Å². The fourth-order valence-electron chi connectivity index (χ4n) is 8.65. The van der Waals surface area contributed by atoms with E-state index in [9.17, 15) is 0 Å². The number of aromatic nitrogens is 3. The molecule has 0 unspecified atom stereocenters. The van der Waals surface area contributed by atoms with E-state index in [1.165, 1.54) is 44.5 Å². The van der Waals surface area contributed by atoms with E-state index in [1.807, 2.05) is 36.7 Å². The molecule has 0 atom stereocenters. The lowest BCUT2D eigenvalue weighted by Gasteiger charge is -2.18. The fourth-order valence-corrected chi connectivity index (χ4v) is 8.65. The van der Waals surface area contributed by atoms with Crippen molar-refractivity contribution in [3.63, 3.8) is 0 Å². The molecule has 0 aliphatic heterocycles. The van der Waals surface area contributed by atoms with E-state index in [0.717, 1.165) is 81.7 Å². The van der Waals surface area contributed by atoms with Crippen molar-refractivity contribution in [2.75, 3.05) is 0 Å². The summed E-state index contributed by atoms with van der Waals surface area (Å²) in [5.41, 5.74) is 21.0. The van der Waals surface area contributed by atoms with Crippen LogP contribution in [0, 0.1) is 0 Å². The van der Waals surface area contributed by atoms with Gasteiger partial charge in [-0.15, -0.1) is 0 Å². The van der Waals surface area contributed by atoms with Crippen molar-refractivity contribution in [1.82, 2.24) is 15.0 Å². The van der Waals surface area contributed by atoms with Crippen LogP contribution in [0.4, 0.5) is 0 Å². The minimum atomic E-state index is 0.928. The molecule has 0 aliphatic carbocycles. The first-order valence-corrected chi connectivity index (χ1v) is 22.1. The van der Waals surface area contributed by atoms with E-state index < -0.39 is 0 Å². The number of benzene rings is 7. The van der Waals surface area contributed by atoms with Gasteiger partial charge >= 0.3 is 0 Å². The molecule has 7 aromatic carbocycles. The highest BCUT2D eigenvalue weighted by Crippen LogP contribution is 2.40. The molecule has 0 saturated carbocycles. The Kier molecular flexibility index (Phi) is 11.9. The lowest BCUT2D eigenvalue weighted by atomic mass is 9.87. The van der Waals surface area contributed by atoms with Crippen molar-refractivity contribution in [2.24, 2.45) is 0 Å². The van der Waals surface area contributed by atoms with Gasteiger partial charge in [0.2, 0.25) is 0 Å². The van der Waals surface area contributed by atoms with Crippen molar-refractivity contribution in [2.45, 2.75) is 25.7 Å². The van der Waals surface area contributed by atoms with E-state index in [0.29, 0.717) is 0 Å². The Morgan fingerprint density at radius 2 is 0.672 bits per heavy atom. The Balaban J connectivity index is 1.01. The van der Waals surface area contributed by atoms with Gasteiger partial charge in [-0.1, -0.05) is 188 Å². The summed E-state index contributed by atoms with van der Waals surface area (Å²) >= 11 is 0. The molecule has 0 N–H and O–H groups in total. The quantitative estimate of drug-likeness (QED) is 0.116. The van der Waals surface area contributed by atoms with Crippen molar-refractivity contribution in [1.29, 1.82) is 0 Å². The zero-order chi connectivity index (χ0) is 42.9. The number of nitrogens with zero attached hydrogens (tertiary/aromatic N) is 3. The van der Waals surface area contributed by atoms with Gasteiger partial charge < -0.3 is 0 Å². The van der Waals surface area contributed by atoms with Crippen LogP contribution in [0.15, 0.2) is 237 Å². The Labute approximate surface area is 376 Å². The molecule has 0 spiro atoms. The summed E-state index contributed by atoms with van der Waals surface area (Å²) in [7, 11) is 0. The van der Waals surface area contributed by atoms with Gasteiger partial charge in [0.1, 0.15) is 0 Å². The standard InChI is InChI=1S/C61H47N3/c1-3-13-48(14-4-1)49-33-35-50(36-34-49)57-42-61(51-15-5-2-6-16-51)64-43-58(57)56-18-8-7-17-55(56)54-40-46(23-21-44-25-29-52(30-26-44)59-19-9-11-37-62-59)39-47(41-54)24-22-45-27-31-53(32-28-45)60-20-10-12-38-63-60/h1-20,25-43H,21-24H2. The highest BCUT2D eigenvalue weighted by atomic mass is 14.7. The first-order valence-electron chi connectivity index (χ1n) is 22.1. The molecular weight excluding hydrogens is 775 g/mol. The van der Waals surface area contributed by atoms with Crippen LogP contribution < -0.4 is 0 Å². The van der Waals surface area contributed by atoms with Crippen LogP contribution in [0.1, 0.15) is 22.3 Å². The largest absolute Gasteiger partial charge is 0.256 e. The van der Waals surface area contributed by atoms with E-state index >= 15 is 0 Å². The first kappa shape index (κ1) is 40.1. The van der Waals surface area contributed by atoms with Crippen LogP contribution in [0.2, 0.25) is 0 Å². The number of aryl methyl sites for hydroxylation is 4. The Morgan fingerprint density at radius 3 is 1.22 bits per heavy atom. The maximum Gasteiger partial charge on any atom is 0.0708 e. The second kappa shape index (κ2) is 18.9. The van der Waals surface area contributed by atoms with Crippen molar-refractivity contribution in [3.8, 4) is 78.3 Å². The Bertz CT molecular complexity index is 2990. The molecule has 0 saturated heterocycles. The van der Waals surface area contributed by atoms with Crippen molar-refractivity contribution >= 4 is 0 Å². The van der Waals surface area contributed by atoms with Gasteiger partial charge in [-0.05, 0) is 117 Å². The molecular formula is C61H47N3. The van der Waals surface area contributed by atoms with E-state index in [-0.39, 0.29) is 0 Å². The van der Waals surface area contributed by atoms with Gasteiger partial charge in [0, 0.05) is 40.8 Å². The smallest absolute Gasteiger partial charge is 0.0708 e. The fraction of sp³-hybridized carbons (Fsp3) is 0.0656. The third-order valence-electron chi connectivity index (χ3n) is 12.1. The zero-order valence-electron chi connectivity index (χ0n) is 35.7. The van der Waals surface area contributed by atoms with Crippen LogP contribution >= 0.6 is 0 Å². The third-order valence-corrected chi connectivity index (χ3v) is 12.1. The molecule has 64 heavy (non-hydrogen) atoms. The molecule has 3 heterocycles. The normalized spacial score (nSPS) is 11.1. The molecule has 3 aromatic heterocycles. The van der Waals surface area contributed by atoms with Crippen LogP contribution in [-0.2, 0) is 25.7 Å². The molecule has 0 aliphatic rings. The summed E-state index contributed by atoms with van der Waals surface area (Å²) in [6.07, 6.45) is 9.52. The van der Waals surface area contributed by atoms with Crippen molar-refractivity contribution in [3.05, 3.63) is 259 Å². The second-order valence-corrected chi connectivity index (χ2v) is 16.3. The highest BCUT2D eigenvalue weighted by molar-refractivity contribution is 5.93. The minimum Gasteiger partial charge on any atom is -0.256 e. The maximum absolute atomic E-state index is 5.12. The summed E-state index contributed by atoms with van der Waals surface area (Å²) in [6, 6.07) is 78.3. The van der Waals surface area contributed by atoms with E-state index in [4.69, 9.17) is 4.98 Å². The average molecular weight is 822 g/mol. The van der Waals surface area contributed by atoms with Gasteiger partial charge in [-0.3, -0.25) is 15.0 Å². The average Bonchev–Trinajstić information content (AvgIpc) is 3.38. The first-order chi connectivity index (χ1) is 31.7. The predicted molar refractivity (Wildman–Crippen MR) is 266 cm³/mol. The maximum atomic E-state index is 5.12. The molecule has 0 radical (unpaired) electrons. The number of rotatable bonds is 13. The van der Waals surface area contributed by atoms with Gasteiger partial charge in [0.15, 0.2) is 0 Å². The van der Waals surface area contributed by atoms with Crippen LogP contribution in [-0.4, -0.2) is 15.0 Å². The van der Waals surface area contributed by atoms with Gasteiger partial charge in [0.25, 0.3) is 0 Å². The molecule has 0 amide bonds. The topological polar surface area (TPSA) is 38.7 Å².